The molecule has 4 atom stereocenters. The van der Waals surface area contributed by atoms with Crippen molar-refractivity contribution in [2.24, 2.45) is 23.7 Å². The highest BCUT2D eigenvalue weighted by molar-refractivity contribution is 6.22. The summed E-state index contributed by atoms with van der Waals surface area (Å²) in [7, 11) is 1.56. The van der Waals surface area contributed by atoms with Crippen molar-refractivity contribution < 1.29 is 23.9 Å². The van der Waals surface area contributed by atoms with E-state index in [1.807, 2.05) is 0 Å². The van der Waals surface area contributed by atoms with Crippen LogP contribution < -0.4 is 14.4 Å². The number of imide groups is 1. The Balaban J connectivity index is 1.37. The maximum atomic E-state index is 13.0. The van der Waals surface area contributed by atoms with Gasteiger partial charge in [-0.2, -0.15) is 0 Å². The second kappa shape index (κ2) is 6.72. The Morgan fingerprint density at radius 3 is 2.17 bits per heavy atom. The average molecular weight is 391 g/mol. The first-order chi connectivity index (χ1) is 14.1. The summed E-state index contributed by atoms with van der Waals surface area (Å²) in [6.07, 6.45) is 3.06. The van der Waals surface area contributed by atoms with Gasteiger partial charge in [-0.25, -0.2) is 4.79 Å². The van der Waals surface area contributed by atoms with Crippen LogP contribution in [0.2, 0.25) is 0 Å². The molecular weight excluding hydrogens is 370 g/mol. The van der Waals surface area contributed by atoms with Gasteiger partial charge in [0.1, 0.15) is 11.5 Å². The van der Waals surface area contributed by atoms with E-state index in [1.165, 1.54) is 4.90 Å². The number of rotatable bonds is 4. The van der Waals surface area contributed by atoms with Gasteiger partial charge in [-0.15, -0.1) is 0 Å². The van der Waals surface area contributed by atoms with Crippen molar-refractivity contribution in [2.75, 3.05) is 12.0 Å². The average Bonchev–Trinajstić information content (AvgIpc) is 3.42. The molecule has 6 heteroatoms. The van der Waals surface area contributed by atoms with E-state index < -0.39 is 5.97 Å². The monoisotopic (exact) mass is 391 g/mol. The van der Waals surface area contributed by atoms with Crippen LogP contribution in [0.3, 0.4) is 0 Å². The van der Waals surface area contributed by atoms with E-state index in [2.05, 4.69) is 0 Å². The van der Waals surface area contributed by atoms with Crippen molar-refractivity contribution in [2.45, 2.75) is 19.3 Å². The van der Waals surface area contributed by atoms with E-state index in [1.54, 1.807) is 55.6 Å². The van der Waals surface area contributed by atoms with Crippen molar-refractivity contribution in [3.63, 3.8) is 0 Å². The fourth-order valence-electron chi connectivity index (χ4n) is 5.24. The number of carbonyl (C=O) groups excluding carboxylic acids is 3. The molecule has 29 heavy (non-hydrogen) atoms. The summed E-state index contributed by atoms with van der Waals surface area (Å²) in [5.74, 6) is 0.562. The third-order valence-electron chi connectivity index (χ3n) is 6.54. The second-order valence-corrected chi connectivity index (χ2v) is 8.01. The zero-order valence-electron chi connectivity index (χ0n) is 16.0. The minimum atomic E-state index is -0.545. The lowest BCUT2D eigenvalue weighted by Crippen LogP contribution is -2.32. The van der Waals surface area contributed by atoms with Crippen molar-refractivity contribution in [3.8, 4) is 11.5 Å². The lowest BCUT2D eigenvalue weighted by molar-refractivity contribution is -0.123. The fraction of sp³-hybridized carbons (Fsp3) is 0.348. The number of ether oxygens (including phenoxy) is 2. The molecule has 0 spiro atoms. The molecule has 148 valence electrons. The molecule has 3 fully saturated rings. The number of methoxy groups -OCH3 is 1. The number of hydrogen-bond acceptors (Lipinski definition) is 5. The number of benzene rings is 2. The maximum Gasteiger partial charge on any atom is 0.343 e. The van der Waals surface area contributed by atoms with Crippen LogP contribution in [0.4, 0.5) is 5.69 Å². The van der Waals surface area contributed by atoms with Crippen molar-refractivity contribution in [1.82, 2.24) is 0 Å². The molecule has 0 aromatic heterocycles. The van der Waals surface area contributed by atoms with Gasteiger partial charge in [0.2, 0.25) is 11.8 Å². The Morgan fingerprint density at radius 2 is 1.55 bits per heavy atom. The van der Waals surface area contributed by atoms with Gasteiger partial charge in [0, 0.05) is 0 Å². The van der Waals surface area contributed by atoms with Crippen molar-refractivity contribution >= 4 is 23.5 Å². The summed E-state index contributed by atoms with van der Waals surface area (Å²) in [5.41, 5.74) is 0.733. The van der Waals surface area contributed by atoms with Crippen molar-refractivity contribution in [3.05, 3.63) is 54.1 Å². The molecule has 2 bridgehead atoms. The smallest absolute Gasteiger partial charge is 0.343 e. The molecular formula is C23H21NO5. The Labute approximate surface area is 168 Å². The highest BCUT2D eigenvalue weighted by Crippen LogP contribution is 2.56. The van der Waals surface area contributed by atoms with Gasteiger partial charge in [-0.3, -0.25) is 14.5 Å². The second-order valence-electron chi connectivity index (χ2n) is 8.01. The van der Waals surface area contributed by atoms with Gasteiger partial charge in [0.25, 0.3) is 0 Å². The quantitative estimate of drug-likeness (QED) is 0.453. The molecule has 2 amide bonds. The van der Waals surface area contributed by atoms with Gasteiger partial charge in [0.05, 0.1) is 30.2 Å². The van der Waals surface area contributed by atoms with E-state index in [0.29, 0.717) is 34.6 Å². The minimum absolute atomic E-state index is 0.118. The summed E-state index contributed by atoms with van der Waals surface area (Å²) >= 11 is 0. The van der Waals surface area contributed by atoms with Crippen LogP contribution in [0.25, 0.3) is 0 Å². The topological polar surface area (TPSA) is 72.9 Å². The molecule has 1 heterocycles. The van der Waals surface area contributed by atoms with E-state index in [9.17, 15) is 14.4 Å². The molecule has 2 saturated carbocycles. The molecule has 1 aliphatic heterocycles. The Morgan fingerprint density at radius 1 is 0.931 bits per heavy atom. The summed E-state index contributed by atoms with van der Waals surface area (Å²) < 4.78 is 10.5. The summed E-state index contributed by atoms with van der Waals surface area (Å²) in [5, 5.41) is 0. The zero-order chi connectivity index (χ0) is 20.1. The molecule has 0 N–H and O–H groups in total. The Kier molecular flexibility index (Phi) is 4.15. The molecule has 0 unspecified atom stereocenters. The first-order valence-corrected chi connectivity index (χ1v) is 9.91. The molecule has 2 aromatic rings. The predicted octanol–water partition coefficient (Wildman–Crippen LogP) is 3.45. The molecule has 1 saturated heterocycles. The highest BCUT2D eigenvalue weighted by atomic mass is 16.5. The minimum Gasteiger partial charge on any atom is -0.497 e. The van der Waals surface area contributed by atoms with Gasteiger partial charge < -0.3 is 9.47 Å². The summed E-state index contributed by atoms with van der Waals surface area (Å²) in [6.45, 7) is 0. The van der Waals surface area contributed by atoms with Gasteiger partial charge in [0.15, 0.2) is 0 Å². The van der Waals surface area contributed by atoms with Crippen LogP contribution in [0.15, 0.2) is 48.5 Å². The number of esters is 1. The lowest BCUT2D eigenvalue weighted by atomic mass is 9.81. The number of amides is 2. The first-order valence-electron chi connectivity index (χ1n) is 9.91. The first kappa shape index (κ1) is 17.9. The van der Waals surface area contributed by atoms with E-state index in [0.717, 1.165) is 19.3 Å². The van der Waals surface area contributed by atoms with Gasteiger partial charge in [-0.05, 0) is 73.6 Å². The lowest BCUT2D eigenvalue weighted by Gasteiger charge is -2.19. The van der Waals surface area contributed by atoms with E-state index in [-0.39, 0.29) is 23.7 Å². The fourth-order valence-corrected chi connectivity index (χ4v) is 5.24. The number of hydrogen-bond donors (Lipinski definition) is 0. The van der Waals surface area contributed by atoms with Crippen LogP contribution in [0.1, 0.15) is 29.6 Å². The van der Waals surface area contributed by atoms with Crippen LogP contribution in [0.5, 0.6) is 11.5 Å². The number of fused-ring (bicyclic) bond motifs is 5. The number of carbonyl (C=O) groups is 3. The van der Waals surface area contributed by atoms with Crippen LogP contribution in [0, 0.1) is 23.7 Å². The molecule has 0 radical (unpaired) electrons. The van der Waals surface area contributed by atoms with Gasteiger partial charge >= 0.3 is 5.97 Å². The molecule has 2 aromatic carbocycles. The predicted molar refractivity (Wildman–Crippen MR) is 105 cm³/mol. The van der Waals surface area contributed by atoms with Crippen LogP contribution in [-0.2, 0) is 9.59 Å². The summed E-state index contributed by atoms with van der Waals surface area (Å²) in [4.78, 5) is 39.8. The standard InChI is InChI=1S/C23H21NO5/c1-28-17-7-9-18(10-8-17)29-23(27)15-3-2-4-16(12-15)24-21(25)19-13-5-6-14(11-13)20(19)22(24)26/h2-4,7-10,12-14,19-20H,5-6,11H2,1H3/t13-,14-,19-,20+/m0/s1. The van der Waals surface area contributed by atoms with E-state index >= 15 is 0 Å². The Hall–Kier alpha value is -3.15. The number of nitrogens with zero attached hydrogens (tertiary/aromatic N) is 1. The molecule has 2 aliphatic carbocycles. The normalized spacial score (nSPS) is 27.3. The van der Waals surface area contributed by atoms with E-state index in [4.69, 9.17) is 9.47 Å². The maximum absolute atomic E-state index is 13.0. The Bertz CT molecular complexity index is 971. The largest absolute Gasteiger partial charge is 0.497 e. The third kappa shape index (κ3) is 2.82. The van der Waals surface area contributed by atoms with Crippen LogP contribution in [-0.4, -0.2) is 24.9 Å². The highest BCUT2D eigenvalue weighted by Gasteiger charge is 2.61. The molecule has 5 rings (SSSR count). The third-order valence-corrected chi connectivity index (χ3v) is 6.54. The molecule has 3 aliphatic rings. The molecule has 6 nitrogen and oxygen atoms in total. The number of anilines is 1. The zero-order valence-corrected chi connectivity index (χ0v) is 16.0. The SMILES string of the molecule is COc1ccc(OC(=O)c2cccc(N3C(=O)[C@@H]4[C@H]5CC[C@@H](C5)[C@@H]4C3=O)c2)cc1. The van der Waals surface area contributed by atoms with Crippen molar-refractivity contribution in [1.29, 1.82) is 0 Å². The van der Waals surface area contributed by atoms with Crippen LogP contribution >= 0.6 is 0 Å². The van der Waals surface area contributed by atoms with Gasteiger partial charge in [-0.1, -0.05) is 6.07 Å². The summed E-state index contributed by atoms with van der Waals surface area (Å²) in [6, 6.07) is 13.2.